The lowest BCUT2D eigenvalue weighted by atomic mass is 10.1. The van der Waals surface area contributed by atoms with E-state index in [0.29, 0.717) is 11.3 Å². The minimum absolute atomic E-state index is 0.0368. The summed E-state index contributed by atoms with van der Waals surface area (Å²) in [5.74, 6) is -0.531. The highest BCUT2D eigenvalue weighted by Gasteiger charge is 2.10. The van der Waals surface area contributed by atoms with Crippen LogP contribution in [0.2, 0.25) is 0 Å². The van der Waals surface area contributed by atoms with Crippen LogP contribution in [0.1, 0.15) is 17.7 Å². The number of nitrogens with zero attached hydrogens (tertiary/aromatic N) is 2. The van der Waals surface area contributed by atoms with Crippen LogP contribution in [0.3, 0.4) is 0 Å². The van der Waals surface area contributed by atoms with Crippen molar-refractivity contribution in [3.8, 4) is 22.3 Å². The molecule has 0 saturated heterocycles. The minimum atomic E-state index is -0.932. The SMILES string of the molecule is Cc1ncsc1-c1ccc(C#N)c(OCCC(=O)O)c1. The lowest BCUT2D eigenvalue weighted by Gasteiger charge is -2.08. The molecule has 2 rings (SSSR count). The van der Waals surface area contributed by atoms with Gasteiger partial charge < -0.3 is 9.84 Å². The first-order valence-corrected chi connectivity index (χ1v) is 6.79. The molecule has 0 unspecified atom stereocenters. The number of carboxylic acids is 1. The van der Waals surface area contributed by atoms with Crippen LogP contribution in [0.25, 0.3) is 10.4 Å². The predicted octanol–water partition coefficient (Wildman–Crippen LogP) is 2.84. The zero-order valence-corrected chi connectivity index (χ0v) is 11.6. The highest BCUT2D eigenvalue weighted by atomic mass is 32.1. The van der Waals surface area contributed by atoms with Crippen molar-refractivity contribution in [2.24, 2.45) is 0 Å². The molecule has 0 radical (unpaired) electrons. The van der Waals surface area contributed by atoms with E-state index >= 15 is 0 Å². The van der Waals surface area contributed by atoms with E-state index < -0.39 is 5.97 Å². The summed E-state index contributed by atoms with van der Waals surface area (Å²) in [7, 11) is 0. The molecule has 1 heterocycles. The molecular weight excluding hydrogens is 276 g/mol. The van der Waals surface area contributed by atoms with Gasteiger partial charge in [-0.05, 0) is 24.6 Å². The number of benzene rings is 1. The Labute approximate surface area is 120 Å². The molecule has 1 N–H and O–H groups in total. The normalized spacial score (nSPS) is 10.0. The van der Waals surface area contributed by atoms with Crippen molar-refractivity contribution in [3.05, 3.63) is 35.0 Å². The van der Waals surface area contributed by atoms with Gasteiger partial charge in [0.05, 0.1) is 34.7 Å². The van der Waals surface area contributed by atoms with E-state index in [2.05, 4.69) is 4.98 Å². The number of hydrogen-bond donors (Lipinski definition) is 1. The van der Waals surface area contributed by atoms with Crippen LogP contribution in [0.4, 0.5) is 0 Å². The maximum absolute atomic E-state index is 10.5. The van der Waals surface area contributed by atoms with Gasteiger partial charge in [0.15, 0.2) is 0 Å². The Balaban J connectivity index is 2.27. The fourth-order valence-corrected chi connectivity index (χ4v) is 2.51. The zero-order valence-electron chi connectivity index (χ0n) is 10.8. The maximum atomic E-state index is 10.5. The molecule has 0 atom stereocenters. The molecule has 1 aromatic heterocycles. The van der Waals surface area contributed by atoms with Crippen LogP contribution in [-0.2, 0) is 4.79 Å². The van der Waals surface area contributed by atoms with Crippen LogP contribution < -0.4 is 4.74 Å². The van der Waals surface area contributed by atoms with Gasteiger partial charge in [-0.15, -0.1) is 11.3 Å². The maximum Gasteiger partial charge on any atom is 0.306 e. The van der Waals surface area contributed by atoms with Crippen molar-refractivity contribution in [1.29, 1.82) is 5.26 Å². The van der Waals surface area contributed by atoms with Crippen molar-refractivity contribution < 1.29 is 14.6 Å². The van der Waals surface area contributed by atoms with Crippen LogP contribution in [0, 0.1) is 18.3 Å². The summed E-state index contributed by atoms with van der Waals surface area (Å²) in [6.45, 7) is 1.95. The first-order chi connectivity index (χ1) is 9.61. The molecule has 0 aliphatic carbocycles. The Morgan fingerprint density at radius 2 is 2.35 bits per heavy atom. The third-order valence-corrected chi connectivity index (χ3v) is 3.66. The van der Waals surface area contributed by atoms with Gasteiger partial charge in [-0.2, -0.15) is 5.26 Å². The summed E-state index contributed by atoms with van der Waals surface area (Å²) in [5.41, 5.74) is 3.97. The average molecular weight is 288 g/mol. The van der Waals surface area contributed by atoms with E-state index in [9.17, 15) is 4.79 Å². The van der Waals surface area contributed by atoms with Gasteiger partial charge in [0.1, 0.15) is 11.8 Å². The van der Waals surface area contributed by atoms with Crippen LogP contribution in [-0.4, -0.2) is 22.7 Å². The molecule has 20 heavy (non-hydrogen) atoms. The fraction of sp³-hybridized carbons (Fsp3) is 0.214. The Morgan fingerprint density at radius 3 is 2.95 bits per heavy atom. The molecular formula is C14H12N2O3S. The van der Waals surface area contributed by atoms with E-state index in [-0.39, 0.29) is 13.0 Å². The van der Waals surface area contributed by atoms with Gasteiger partial charge in [-0.1, -0.05) is 6.07 Å². The summed E-state index contributed by atoms with van der Waals surface area (Å²) in [6, 6.07) is 7.29. The van der Waals surface area contributed by atoms with E-state index in [1.54, 1.807) is 17.6 Å². The summed E-state index contributed by atoms with van der Waals surface area (Å²) in [4.78, 5) is 15.7. The Bertz CT molecular complexity index is 673. The monoisotopic (exact) mass is 288 g/mol. The zero-order chi connectivity index (χ0) is 14.5. The standard InChI is InChI=1S/C14H12N2O3S/c1-9-14(20-8-16-9)10-2-3-11(7-15)12(6-10)19-5-4-13(17)18/h2-3,6,8H,4-5H2,1H3,(H,17,18). The van der Waals surface area contributed by atoms with E-state index in [0.717, 1.165) is 16.1 Å². The topological polar surface area (TPSA) is 83.2 Å². The molecule has 0 fully saturated rings. The van der Waals surface area contributed by atoms with Crippen molar-refractivity contribution in [2.75, 3.05) is 6.61 Å². The van der Waals surface area contributed by atoms with Gasteiger partial charge in [0.2, 0.25) is 0 Å². The summed E-state index contributed by atoms with van der Waals surface area (Å²) < 4.78 is 5.40. The number of aryl methyl sites for hydroxylation is 1. The van der Waals surface area contributed by atoms with Gasteiger partial charge in [0, 0.05) is 0 Å². The van der Waals surface area contributed by atoms with E-state index in [1.807, 2.05) is 19.1 Å². The molecule has 1 aromatic carbocycles. The quantitative estimate of drug-likeness (QED) is 0.914. The van der Waals surface area contributed by atoms with Crippen LogP contribution in [0.5, 0.6) is 5.75 Å². The number of nitriles is 1. The second-order valence-corrected chi connectivity index (χ2v) is 4.94. The number of ether oxygens (including phenoxy) is 1. The molecule has 0 aliphatic heterocycles. The minimum Gasteiger partial charge on any atom is -0.492 e. The molecule has 0 spiro atoms. The van der Waals surface area contributed by atoms with Crippen molar-refractivity contribution >= 4 is 17.3 Å². The number of rotatable bonds is 5. The first kappa shape index (κ1) is 14.0. The number of carboxylic acid groups (broad SMARTS) is 1. The highest BCUT2D eigenvalue weighted by molar-refractivity contribution is 7.13. The van der Waals surface area contributed by atoms with Gasteiger partial charge in [-0.25, -0.2) is 4.98 Å². The summed E-state index contributed by atoms with van der Waals surface area (Å²) >= 11 is 1.51. The lowest BCUT2D eigenvalue weighted by molar-refractivity contribution is -0.137. The summed E-state index contributed by atoms with van der Waals surface area (Å²) in [6.07, 6.45) is -0.102. The highest BCUT2D eigenvalue weighted by Crippen LogP contribution is 2.31. The predicted molar refractivity (Wildman–Crippen MR) is 74.7 cm³/mol. The average Bonchev–Trinajstić information content (AvgIpc) is 2.84. The summed E-state index contributed by atoms with van der Waals surface area (Å²) in [5, 5.41) is 17.7. The van der Waals surface area contributed by atoms with Crippen molar-refractivity contribution in [2.45, 2.75) is 13.3 Å². The van der Waals surface area contributed by atoms with Crippen LogP contribution >= 0.6 is 11.3 Å². The molecule has 0 saturated carbocycles. The van der Waals surface area contributed by atoms with E-state index in [4.69, 9.17) is 15.1 Å². The number of hydrogen-bond acceptors (Lipinski definition) is 5. The van der Waals surface area contributed by atoms with Gasteiger partial charge in [-0.3, -0.25) is 4.79 Å². The largest absolute Gasteiger partial charge is 0.492 e. The Hall–Kier alpha value is -2.39. The van der Waals surface area contributed by atoms with Gasteiger partial charge >= 0.3 is 5.97 Å². The second kappa shape index (κ2) is 6.17. The number of aliphatic carboxylic acids is 1. The van der Waals surface area contributed by atoms with Gasteiger partial charge in [0.25, 0.3) is 0 Å². The Kier molecular flexibility index (Phi) is 4.33. The molecule has 6 heteroatoms. The van der Waals surface area contributed by atoms with Crippen molar-refractivity contribution in [3.63, 3.8) is 0 Å². The first-order valence-electron chi connectivity index (χ1n) is 5.91. The lowest BCUT2D eigenvalue weighted by Crippen LogP contribution is -2.05. The fourth-order valence-electron chi connectivity index (χ4n) is 1.70. The smallest absolute Gasteiger partial charge is 0.306 e. The van der Waals surface area contributed by atoms with Crippen molar-refractivity contribution in [1.82, 2.24) is 4.98 Å². The number of thiazole rings is 1. The number of carbonyl (C=O) groups is 1. The molecule has 0 aliphatic rings. The molecule has 102 valence electrons. The number of aromatic nitrogens is 1. The molecule has 0 bridgehead atoms. The molecule has 2 aromatic rings. The Morgan fingerprint density at radius 1 is 1.55 bits per heavy atom. The molecule has 5 nitrogen and oxygen atoms in total. The third kappa shape index (κ3) is 3.13. The third-order valence-electron chi connectivity index (χ3n) is 2.68. The van der Waals surface area contributed by atoms with E-state index in [1.165, 1.54) is 11.3 Å². The van der Waals surface area contributed by atoms with Crippen LogP contribution in [0.15, 0.2) is 23.7 Å². The second-order valence-electron chi connectivity index (χ2n) is 4.08. The molecule has 0 amide bonds.